The molecule has 0 spiro atoms. The maximum absolute atomic E-state index is 12.9. The lowest BCUT2D eigenvalue weighted by atomic mass is 9.89. The minimum Gasteiger partial charge on any atom is -0.382 e. The van der Waals surface area contributed by atoms with Gasteiger partial charge in [-0.15, -0.1) is 5.10 Å². The standard InChI is InChI=1S/C18H22N6O2/c1-12(2)24-9-16(21-22-24)18(26)6-3-7-23(10-18)17(25)13-4-5-14-15(8-13)20-11-19-14/h4-5,8-9,11-12,26H,3,6-7,10H2,1-2H3,(H,19,20). The summed E-state index contributed by atoms with van der Waals surface area (Å²) in [6.07, 6.45) is 4.65. The Hall–Kier alpha value is -2.74. The lowest BCUT2D eigenvalue weighted by Crippen LogP contribution is -2.48. The minimum absolute atomic E-state index is 0.101. The molecule has 136 valence electrons. The number of H-pyrrole nitrogens is 1. The van der Waals surface area contributed by atoms with Crippen molar-refractivity contribution in [2.75, 3.05) is 13.1 Å². The predicted molar refractivity (Wildman–Crippen MR) is 95.5 cm³/mol. The van der Waals surface area contributed by atoms with Crippen LogP contribution in [0.15, 0.2) is 30.7 Å². The van der Waals surface area contributed by atoms with E-state index < -0.39 is 5.60 Å². The van der Waals surface area contributed by atoms with Gasteiger partial charge < -0.3 is 15.0 Å². The second kappa shape index (κ2) is 6.21. The number of nitrogens with zero attached hydrogens (tertiary/aromatic N) is 5. The highest BCUT2D eigenvalue weighted by molar-refractivity contribution is 5.97. The second-order valence-electron chi connectivity index (χ2n) is 7.17. The number of aromatic amines is 1. The summed E-state index contributed by atoms with van der Waals surface area (Å²) in [5, 5.41) is 19.3. The highest BCUT2D eigenvalue weighted by atomic mass is 16.3. The summed E-state index contributed by atoms with van der Waals surface area (Å²) >= 11 is 0. The van der Waals surface area contributed by atoms with Crippen molar-refractivity contribution in [3.05, 3.63) is 42.0 Å². The molecule has 4 rings (SSSR count). The van der Waals surface area contributed by atoms with E-state index in [2.05, 4.69) is 20.3 Å². The van der Waals surface area contributed by atoms with Crippen LogP contribution in [0.3, 0.4) is 0 Å². The fourth-order valence-electron chi connectivity index (χ4n) is 3.41. The first-order valence-corrected chi connectivity index (χ1v) is 8.83. The molecule has 0 bridgehead atoms. The molecule has 2 N–H and O–H groups in total. The van der Waals surface area contributed by atoms with Crippen molar-refractivity contribution in [3.8, 4) is 0 Å². The van der Waals surface area contributed by atoms with Gasteiger partial charge in [-0.2, -0.15) is 0 Å². The van der Waals surface area contributed by atoms with Crippen LogP contribution < -0.4 is 0 Å². The van der Waals surface area contributed by atoms with Crippen molar-refractivity contribution in [1.82, 2.24) is 29.9 Å². The lowest BCUT2D eigenvalue weighted by Gasteiger charge is -2.38. The molecule has 3 aromatic rings. The first-order valence-electron chi connectivity index (χ1n) is 8.83. The highest BCUT2D eigenvalue weighted by Crippen LogP contribution is 2.31. The fraction of sp³-hybridized carbons (Fsp3) is 0.444. The number of nitrogens with one attached hydrogen (secondary N) is 1. The molecule has 2 aromatic heterocycles. The molecule has 8 nitrogen and oxygen atoms in total. The van der Waals surface area contributed by atoms with Crippen molar-refractivity contribution in [1.29, 1.82) is 0 Å². The van der Waals surface area contributed by atoms with Crippen LogP contribution in [0.2, 0.25) is 0 Å². The number of aromatic nitrogens is 5. The second-order valence-corrected chi connectivity index (χ2v) is 7.17. The number of benzene rings is 1. The number of carbonyl (C=O) groups is 1. The maximum Gasteiger partial charge on any atom is 0.254 e. The van der Waals surface area contributed by atoms with E-state index in [4.69, 9.17) is 0 Å². The Bertz CT molecular complexity index is 946. The molecule has 1 atom stereocenters. The number of rotatable bonds is 3. The van der Waals surface area contributed by atoms with Gasteiger partial charge in [-0.05, 0) is 44.9 Å². The third-order valence-corrected chi connectivity index (χ3v) is 4.94. The molecule has 0 aliphatic carbocycles. The molecular formula is C18H22N6O2. The number of fused-ring (bicyclic) bond motifs is 1. The molecule has 1 saturated heterocycles. The number of piperidine rings is 1. The monoisotopic (exact) mass is 354 g/mol. The largest absolute Gasteiger partial charge is 0.382 e. The number of hydrogen-bond acceptors (Lipinski definition) is 5. The van der Waals surface area contributed by atoms with E-state index in [0.29, 0.717) is 30.6 Å². The van der Waals surface area contributed by atoms with Gasteiger partial charge in [0.15, 0.2) is 0 Å². The van der Waals surface area contributed by atoms with E-state index in [0.717, 1.165) is 11.0 Å². The summed E-state index contributed by atoms with van der Waals surface area (Å²) in [6.45, 7) is 4.83. The molecule has 3 heterocycles. The highest BCUT2D eigenvalue weighted by Gasteiger charge is 2.39. The topological polar surface area (TPSA) is 99.9 Å². The van der Waals surface area contributed by atoms with Crippen LogP contribution in [0.5, 0.6) is 0 Å². The van der Waals surface area contributed by atoms with Gasteiger partial charge in [-0.3, -0.25) is 4.79 Å². The van der Waals surface area contributed by atoms with Crippen molar-refractivity contribution >= 4 is 16.9 Å². The Kier molecular flexibility index (Phi) is 3.99. The molecule has 0 radical (unpaired) electrons. The summed E-state index contributed by atoms with van der Waals surface area (Å²) in [7, 11) is 0. The smallest absolute Gasteiger partial charge is 0.254 e. The van der Waals surface area contributed by atoms with E-state index >= 15 is 0 Å². The van der Waals surface area contributed by atoms with Crippen LogP contribution in [-0.4, -0.2) is 54.0 Å². The summed E-state index contributed by atoms with van der Waals surface area (Å²) in [5.74, 6) is -0.101. The van der Waals surface area contributed by atoms with Crippen molar-refractivity contribution < 1.29 is 9.90 Å². The van der Waals surface area contributed by atoms with Crippen LogP contribution in [0.1, 0.15) is 48.8 Å². The Balaban J connectivity index is 1.57. The summed E-state index contributed by atoms with van der Waals surface area (Å²) in [6, 6.07) is 5.56. The van der Waals surface area contributed by atoms with Gasteiger partial charge in [0.25, 0.3) is 5.91 Å². The van der Waals surface area contributed by atoms with Crippen LogP contribution in [0, 0.1) is 0 Å². The molecule has 8 heteroatoms. The van der Waals surface area contributed by atoms with Gasteiger partial charge in [-0.25, -0.2) is 9.67 Å². The average molecular weight is 354 g/mol. The molecule has 1 amide bonds. The molecule has 1 aliphatic rings. The minimum atomic E-state index is -1.17. The number of aliphatic hydroxyl groups is 1. The first-order chi connectivity index (χ1) is 12.5. The zero-order valence-electron chi connectivity index (χ0n) is 14.9. The zero-order chi connectivity index (χ0) is 18.3. The fourth-order valence-corrected chi connectivity index (χ4v) is 3.41. The van der Waals surface area contributed by atoms with Crippen molar-refractivity contribution in [2.24, 2.45) is 0 Å². The number of likely N-dealkylation sites (tertiary alicyclic amines) is 1. The SMILES string of the molecule is CC(C)n1cc(C2(O)CCCN(C(=O)c3ccc4nc[nH]c4c3)C2)nn1. The third-order valence-electron chi connectivity index (χ3n) is 4.94. The quantitative estimate of drug-likeness (QED) is 0.748. The molecule has 1 aliphatic heterocycles. The van der Waals surface area contributed by atoms with E-state index in [1.54, 1.807) is 34.2 Å². The van der Waals surface area contributed by atoms with Gasteiger partial charge in [0.05, 0.1) is 30.1 Å². The van der Waals surface area contributed by atoms with Crippen LogP contribution >= 0.6 is 0 Å². The van der Waals surface area contributed by atoms with Gasteiger partial charge >= 0.3 is 0 Å². The number of imidazole rings is 1. The van der Waals surface area contributed by atoms with Gasteiger partial charge in [0, 0.05) is 18.2 Å². The van der Waals surface area contributed by atoms with E-state index in [1.807, 2.05) is 19.9 Å². The Morgan fingerprint density at radius 3 is 3.00 bits per heavy atom. The number of hydrogen-bond donors (Lipinski definition) is 2. The first kappa shape index (κ1) is 16.7. The molecule has 26 heavy (non-hydrogen) atoms. The Morgan fingerprint density at radius 1 is 1.38 bits per heavy atom. The Morgan fingerprint density at radius 2 is 2.23 bits per heavy atom. The van der Waals surface area contributed by atoms with Crippen molar-refractivity contribution in [2.45, 2.75) is 38.3 Å². The van der Waals surface area contributed by atoms with Gasteiger partial charge in [-0.1, -0.05) is 5.21 Å². The lowest BCUT2D eigenvalue weighted by molar-refractivity contribution is -0.0320. The number of β-amino-alcohol motifs (C(OH)–C–C–N with tert-alkyl or cyclic N) is 1. The molecular weight excluding hydrogens is 332 g/mol. The van der Waals surface area contributed by atoms with Gasteiger partial charge in [0.2, 0.25) is 0 Å². The summed E-state index contributed by atoms with van der Waals surface area (Å²) in [5.41, 5.74) is 1.58. The van der Waals surface area contributed by atoms with Crippen LogP contribution in [0.4, 0.5) is 0 Å². The zero-order valence-corrected chi connectivity index (χ0v) is 14.9. The predicted octanol–water partition coefficient (Wildman–Crippen LogP) is 1.86. The van der Waals surface area contributed by atoms with E-state index in [1.165, 1.54) is 0 Å². The Labute approximate surface area is 150 Å². The summed E-state index contributed by atoms with van der Waals surface area (Å²) in [4.78, 5) is 21.8. The summed E-state index contributed by atoms with van der Waals surface area (Å²) < 4.78 is 1.72. The molecule has 1 fully saturated rings. The van der Waals surface area contributed by atoms with Crippen LogP contribution in [-0.2, 0) is 5.60 Å². The number of amides is 1. The normalized spacial score (nSPS) is 20.8. The maximum atomic E-state index is 12.9. The van der Waals surface area contributed by atoms with E-state index in [-0.39, 0.29) is 18.5 Å². The molecule has 1 aromatic carbocycles. The van der Waals surface area contributed by atoms with E-state index in [9.17, 15) is 9.90 Å². The number of carbonyl (C=O) groups excluding carboxylic acids is 1. The third kappa shape index (κ3) is 2.86. The van der Waals surface area contributed by atoms with Crippen LogP contribution in [0.25, 0.3) is 11.0 Å². The molecule has 0 saturated carbocycles. The van der Waals surface area contributed by atoms with Gasteiger partial charge in [0.1, 0.15) is 11.3 Å². The molecule has 1 unspecified atom stereocenters. The average Bonchev–Trinajstić information content (AvgIpc) is 3.30. The van der Waals surface area contributed by atoms with Crippen molar-refractivity contribution in [3.63, 3.8) is 0 Å².